The Morgan fingerprint density at radius 1 is 0.850 bits per heavy atom. The molecule has 0 atom stereocenters. The van der Waals surface area contributed by atoms with Crippen LogP contribution < -0.4 is 5.32 Å². The van der Waals surface area contributed by atoms with Crippen LogP contribution in [0.5, 0.6) is 0 Å². The van der Waals surface area contributed by atoms with Gasteiger partial charge < -0.3 is 10.1 Å². The van der Waals surface area contributed by atoms with E-state index in [0.29, 0.717) is 12.8 Å². The standard InChI is InChI=1S/C17H25NO2/c1-15(19)11-7-4-2-3-5-10-14-17(20)18-16-12-8-6-9-13-16/h6,8-9,12-13H,2-5,7,10-11,14H2,1H3,(H,18,20). The Balaban J connectivity index is 1.96. The lowest BCUT2D eigenvalue weighted by Crippen LogP contribution is -2.10. The third-order valence-electron chi connectivity index (χ3n) is 3.24. The predicted molar refractivity (Wildman–Crippen MR) is 82.7 cm³/mol. The van der Waals surface area contributed by atoms with Crippen molar-refractivity contribution in [2.45, 2.75) is 58.3 Å². The van der Waals surface area contributed by atoms with Crippen molar-refractivity contribution in [3.63, 3.8) is 0 Å². The Hall–Kier alpha value is -1.64. The van der Waals surface area contributed by atoms with Crippen LogP contribution in [0.1, 0.15) is 58.3 Å². The molecule has 0 aliphatic carbocycles. The van der Waals surface area contributed by atoms with Gasteiger partial charge >= 0.3 is 0 Å². The number of rotatable bonds is 10. The van der Waals surface area contributed by atoms with E-state index in [1.165, 1.54) is 0 Å². The highest BCUT2D eigenvalue weighted by atomic mass is 16.1. The minimum Gasteiger partial charge on any atom is -0.326 e. The van der Waals surface area contributed by atoms with Crippen molar-refractivity contribution in [3.8, 4) is 0 Å². The van der Waals surface area contributed by atoms with E-state index >= 15 is 0 Å². The molecule has 0 aliphatic rings. The number of para-hydroxylation sites is 1. The largest absolute Gasteiger partial charge is 0.326 e. The van der Waals surface area contributed by atoms with Crippen molar-refractivity contribution in [2.24, 2.45) is 0 Å². The van der Waals surface area contributed by atoms with Crippen molar-refractivity contribution < 1.29 is 9.59 Å². The second-order valence-corrected chi connectivity index (χ2v) is 5.24. The first kappa shape index (κ1) is 16.4. The highest BCUT2D eigenvalue weighted by Gasteiger charge is 2.01. The summed E-state index contributed by atoms with van der Waals surface area (Å²) in [6.45, 7) is 1.64. The molecule has 0 spiro atoms. The molecule has 0 fully saturated rings. The van der Waals surface area contributed by atoms with E-state index in [4.69, 9.17) is 0 Å². The fourth-order valence-electron chi connectivity index (χ4n) is 2.11. The summed E-state index contributed by atoms with van der Waals surface area (Å²) in [4.78, 5) is 22.4. The van der Waals surface area contributed by atoms with Gasteiger partial charge in [-0.2, -0.15) is 0 Å². The SMILES string of the molecule is CC(=O)CCCCCCCCC(=O)Nc1ccccc1. The van der Waals surface area contributed by atoms with Crippen molar-refractivity contribution >= 4 is 17.4 Å². The van der Waals surface area contributed by atoms with Crippen molar-refractivity contribution in [2.75, 3.05) is 5.32 Å². The molecule has 3 heteroatoms. The number of carbonyl (C=O) groups is 2. The summed E-state index contributed by atoms with van der Waals surface area (Å²) in [5, 5.41) is 2.89. The van der Waals surface area contributed by atoms with Crippen LogP contribution in [0.15, 0.2) is 30.3 Å². The molecule has 0 heterocycles. The summed E-state index contributed by atoms with van der Waals surface area (Å²) in [5.74, 6) is 0.371. The fourth-order valence-corrected chi connectivity index (χ4v) is 2.11. The van der Waals surface area contributed by atoms with Crippen LogP contribution in [-0.4, -0.2) is 11.7 Å². The molecule has 0 bridgehead atoms. The first-order valence-corrected chi connectivity index (χ1v) is 7.53. The topological polar surface area (TPSA) is 46.2 Å². The van der Waals surface area contributed by atoms with Crippen molar-refractivity contribution in [1.29, 1.82) is 0 Å². The Bertz CT molecular complexity index is 401. The van der Waals surface area contributed by atoms with E-state index in [0.717, 1.165) is 44.2 Å². The number of nitrogens with one attached hydrogen (secondary N) is 1. The van der Waals surface area contributed by atoms with Gasteiger partial charge in [0, 0.05) is 18.5 Å². The Labute approximate surface area is 121 Å². The van der Waals surface area contributed by atoms with E-state index in [-0.39, 0.29) is 11.7 Å². The van der Waals surface area contributed by atoms with Gasteiger partial charge in [0.25, 0.3) is 0 Å². The summed E-state index contributed by atoms with van der Waals surface area (Å²) in [6, 6.07) is 9.55. The lowest BCUT2D eigenvalue weighted by atomic mass is 10.1. The van der Waals surface area contributed by atoms with E-state index in [2.05, 4.69) is 5.32 Å². The van der Waals surface area contributed by atoms with Gasteiger partial charge in [0.15, 0.2) is 0 Å². The molecule has 0 radical (unpaired) electrons. The quantitative estimate of drug-likeness (QED) is 0.646. The zero-order valence-electron chi connectivity index (χ0n) is 12.4. The third kappa shape index (κ3) is 8.46. The number of anilines is 1. The van der Waals surface area contributed by atoms with Crippen molar-refractivity contribution in [3.05, 3.63) is 30.3 Å². The van der Waals surface area contributed by atoms with Gasteiger partial charge in [-0.05, 0) is 31.9 Å². The molecule has 0 saturated heterocycles. The lowest BCUT2D eigenvalue weighted by molar-refractivity contribution is -0.117. The first-order valence-electron chi connectivity index (χ1n) is 7.53. The minimum absolute atomic E-state index is 0.0905. The molecule has 0 aliphatic heterocycles. The zero-order valence-corrected chi connectivity index (χ0v) is 12.4. The Kier molecular flexibility index (Phi) is 8.36. The van der Waals surface area contributed by atoms with Crippen LogP contribution in [0.25, 0.3) is 0 Å². The van der Waals surface area contributed by atoms with Crippen LogP contribution in [0.2, 0.25) is 0 Å². The summed E-state index contributed by atoms with van der Waals surface area (Å²) in [5.41, 5.74) is 0.863. The van der Waals surface area contributed by atoms with Gasteiger partial charge in [0.05, 0.1) is 0 Å². The third-order valence-corrected chi connectivity index (χ3v) is 3.24. The van der Waals surface area contributed by atoms with Crippen LogP contribution in [-0.2, 0) is 9.59 Å². The van der Waals surface area contributed by atoms with E-state index in [1.807, 2.05) is 30.3 Å². The molecule has 20 heavy (non-hydrogen) atoms. The normalized spacial score (nSPS) is 10.2. The number of Topliss-reactive ketones (excluding diaryl/α,β-unsaturated/α-hetero) is 1. The van der Waals surface area contributed by atoms with Gasteiger partial charge in [-0.15, -0.1) is 0 Å². The van der Waals surface area contributed by atoms with E-state index in [1.54, 1.807) is 6.92 Å². The maximum atomic E-state index is 11.7. The van der Waals surface area contributed by atoms with Crippen LogP contribution >= 0.6 is 0 Å². The maximum Gasteiger partial charge on any atom is 0.224 e. The number of hydrogen-bond acceptors (Lipinski definition) is 2. The van der Waals surface area contributed by atoms with Crippen LogP contribution in [0.3, 0.4) is 0 Å². The number of unbranched alkanes of at least 4 members (excludes halogenated alkanes) is 5. The summed E-state index contributed by atoms with van der Waals surface area (Å²) in [7, 11) is 0. The van der Waals surface area contributed by atoms with E-state index < -0.39 is 0 Å². The monoisotopic (exact) mass is 275 g/mol. The molecule has 1 N–H and O–H groups in total. The van der Waals surface area contributed by atoms with Crippen LogP contribution in [0.4, 0.5) is 5.69 Å². The predicted octanol–water partition coefficient (Wildman–Crippen LogP) is 4.33. The highest BCUT2D eigenvalue weighted by Crippen LogP contribution is 2.10. The Morgan fingerprint density at radius 3 is 2.00 bits per heavy atom. The molecule has 110 valence electrons. The summed E-state index contributed by atoms with van der Waals surface area (Å²) < 4.78 is 0. The molecular formula is C17H25NO2. The zero-order chi connectivity index (χ0) is 14.6. The Morgan fingerprint density at radius 2 is 1.40 bits per heavy atom. The lowest BCUT2D eigenvalue weighted by Gasteiger charge is -2.05. The number of ketones is 1. The summed E-state index contributed by atoms with van der Waals surface area (Å²) in [6.07, 6.45) is 7.75. The molecule has 1 rings (SSSR count). The number of amides is 1. The van der Waals surface area contributed by atoms with Gasteiger partial charge in [0.2, 0.25) is 5.91 Å². The number of carbonyl (C=O) groups excluding carboxylic acids is 2. The van der Waals surface area contributed by atoms with Gasteiger partial charge in [0.1, 0.15) is 5.78 Å². The number of hydrogen-bond donors (Lipinski definition) is 1. The fraction of sp³-hybridized carbons (Fsp3) is 0.529. The minimum atomic E-state index is 0.0905. The van der Waals surface area contributed by atoms with Gasteiger partial charge in [-0.1, -0.05) is 43.9 Å². The molecule has 1 aromatic rings. The van der Waals surface area contributed by atoms with Crippen molar-refractivity contribution in [1.82, 2.24) is 0 Å². The smallest absolute Gasteiger partial charge is 0.224 e. The average molecular weight is 275 g/mol. The molecule has 0 aromatic heterocycles. The highest BCUT2D eigenvalue weighted by molar-refractivity contribution is 5.90. The van der Waals surface area contributed by atoms with Crippen LogP contribution in [0, 0.1) is 0 Å². The average Bonchev–Trinajstić information content (AvgIpc) is 2.42. The molecule has 0 saturated carbocycles. The van der Waals surface area contributed by atoms with Gasteiger partial charge in [-0.3, -0.25) is 4.79 Å². The molecule has 3 nitrogen and oxygen atoms in total. The number of benzene rings is 1. The first-order chi connectivity index (χ1) is 9.68. The maximum absolute atomic E-state index is 11.7. The second-order valence-electron chi connectivity index (χ2n) is 5.24. The van der Waals surface area contributed by atoms with Gasteiger partial charge in [-0.25, -0.2) is 0 Å². The van der Waals surface area contributed by atoms with E-state index in [9.17, 15) is 9.59 Å². The second kappa shape index (κ2) is 10.2. The molecule has 0 unspecified atom stereocenters. The molecule has 1 aromatic carbocycles. The summed E-state index contributed by atoms with van der Waals surface area (Å²) >= 11 is 0. The molecule has 1 amide bonds. The molecular weight excluding hydrogens is 250 g/mol.